The Balaban J connectivity index is 1.69. The maximum absolute atomic E-state index is 15.5. The number of nitrogens with zero attached hydrogens (tertiary/aromatic N) is 2. The molecular formula is C23H22ClFN4O2. The Morgan fingerprint density at radius 3 is 2.84 bits per heavy atom. The molecule has 3 aromatic rings. The smallest absolute Gasteiger partial charge is 0.250 e. The normalized spacial score (nSPS) is 21.0. The van der Waals surface area contributed by atoms with Crippen molar-refractivity contribution in [2.45, 2.75) is 18.9 Å². The number of amides is 2. The van der Waals surface area contributed by atoms with E-state index in [4.69, 9.17) is 17.3 Å². The zero-order valence-corrected chi connectivity index (χ0v) is 17.6. The first-order valence-electron chi connectivity index (χ1n) is 10.3. The molecule has 2 unspecified atom stereocenters. The summed E-state index contributed by atoms with van der Waals surface area (Å²) >= 11 is 6.23. The van der Waals surface area contributed by atoms with Gasteiger partial charge in [0.15, 0.2) is 0 Å². The Hall–Kier alpha value is -3.06. The lowest BCUT2D eigenvalue weighted by molar-refractivity contribution is -0.130. The number of H-pyrrole nitrogens is 1. The Kier molecular flexibility index (Phi) is 4.66. The number of benzene rings is 2. The van der Waals surface area contributed by atoms with Crippen LogP contribution in [0.4, 0.5) is 10.1 Å². The van der Waals surface area contributed by atoms with Crippen LogP contribution >= 0.6 is 11.6 Å². The van der Waals surface area contributed by atoms with Gasteiger partial charge in [0.1, 0.15) is 5.82 Å². The minimum Gasteiger partial charge on any atom is -0.366 e. The SMILES string of the molecule is C=CC(=O)N1CCCC2CN(c3c(F)cc(C(N)=O)c4[nH]c5ccc(Cl)cc5c34)CC21. The lowest BCUT2D eigenvalue weighted by atomic mass is 9.92. The number of anilines is 1. The monoisotopic (exact) mass is 440 g/mol. The fourth-order valence-electron chi connectivity index (χ4n) is 5.26. The number of fused-ring (bicyclic) bond motifs is 4. The lowest BCUT2D eigenvalue weighted by Gasteiger charge is -2.36. The van der Waals surface area contributed by atoms with Crippen LogP contribution in [0.1, 0.15) is 23.2 Å². The molecule has 0 radical (unpaired) electrons. The van der Waals surface area contributed by atoms with Crippen LogP contribution in [0, 0.1) is 11.7 Å². The number of carbonyl (C=O) groups excluding carboxylic acids is 2. The van der Waals surface area contributed by atoms with Crippen LogP contribution in [0.25, 0.3) is 21.8 Å². The first-order valence-corrected chi connectivity index (χ1v) is 10.7. The first kappa shape index (κ1) is 19.9. The van der Waals surface area contributed by atoms with Crippen LogP contribution < -0.4 is 10.6 Å². The quantitative estimate of drug-likeness (QED) is 0.607. The van der Waals surface area contributed by atoms with Crippen molar-refractivity contribution >= 4 is 50.9 Å². The minimum atomic E-state index is -0.703. The summed E-state index contributed by atoms with van der Waals surface area (Å²) in [5.41, 5.74) is 7.30. The summed E-state index contributed by atoms with van der Waals surface area (Å²) in [4.78, 5) is 31.5. The van der Waals surface area contributed by atoms with Gasteiger partial charge in [-0.3, -0.25) is 9.59 Å². The van der Waals surface area contributed by atoms with Crippen LogP contribution in [-0.2, 0) is 4.79 Å². The number of rotatable bonds is 3. The van der Waals surface area contributed by atoms with E-state index in [2.05, 4.69) is 11.6 Å². The summed E-state index contributed by atoms with van der Waals surface area (Å²) in [6.45, 7) is 5.44. The number of carbonyl (C=O) groups is 2. The number of aromatic nitrogens is 1. The highest BCUT2D eigenvalue weighted by molar-refractivity contribution is 6.32. The van der Waals surface area contributed by atoms with Crippen LogP contribution in [0.5, 0.6) is 0 Å². The molecule has 2 atom stereocenters. The van der Waals surface area contributed by atoms with Gasteiger partial charge in [-0.05, 0) is 49.1 Å². The van der Waals surface area contributed by atoms with Gasteiger partial charge >= 0.3 is 0 Å². The number of halogens is 2. The molecule has 2 aromatic carbocycles. The van der Waals surface area contributed by atoms with Gasteiger partial charge in [0.05, 0.1) is 22.8 Å². The second kappa shape index (κ2) is 7.27. The number of aromatic amines is 1. The fourth-order valence-corrected chi connectivity index (χ4v) is 5.43. The predicted molar refractivity (Wildman–Crippen MR) is 120 cm³/mol. The second-order valence-electron chi connectivity index (χ2n) is 8.29. The number of likely N-dealkylation sites (tertiary alicyclic amines) is 1. The van der Waals surface area contributed by atoms with Crippen molar-refractivity contribution in [1.29, 1.82) is 0 Å². The molecule has 0 aliphatic carbocycles. The Labute approximate surface area is 183 Å². The summed E-state index contributed by atoms with van der Waals surface area (Å²) in [6.07, 6.45) is 3.23. The van der Waals surface area contributed by atoms with Gasteiger partial charge in [0.2, 0.25) is 5.91 Å². The molecule has 2 aliphatic heterocycles. The molecular weight excluding hydrogens is 419 g/mol. The van der Waals surface area contributed by atoms with Crippen molar-refractivity contribution < 1.29 is 14.0 Å². The van der Waals surface area contributed by atoms with E-state index in [1.165, 1.54) is 12.1 Å². The molecule has 160 valence electrons. The molecule has 2 fully saturated rings. The van der Waals surface area contributed by atoms with Crippen LogP contribution in [-0.4, -0.2) is 47.4 Å². The third-order valence-corrected chi connectivity index (χ3v) is 6.82. The van der Waals surface area contributed by atoms with E-state index < -0.39 is 11.7 Å². The van der Waals surface area contributed by atoms with E-state index in [1.807, 2.05) is 9.80 Å². The molecule has 3 N–H and O–H groups in total. The third-order valence-electron chi connectivity index (χ3n) is 6.58. The third kappa shape index (κ3) is 3.07. The van der Waals surface area contributed by atoms with Gasteiger partial charge in [0, 0.05) is 40.9 Å². The van der Waals surface area contributed by atoms with Crippen molar-refractivity contribution in [3.8, 4) is 0 Å². The molecule has 0 saturated carbocycles. The highest BCUT2D eigenvalue weighted by atomic mass is 35.5. The first-order chi connectivity index (χ1) is 14.9. The Morgan fingerprint density at radius 2 is 2.10 bits per heavy atom. The predicted octanol–water partition coefficient (Wildman–Crippen LogP) is 3.83. The molecule has 6 nitrogen and oxygen atoms in total. The Morgan fingerprint density at radius 1 is 1.29 bits per heavy atom. The molecule has 8 heteroatoms. The molecule has 0 bridgehead atoms. The summed E-state index contributed by atoms with van der Waals surface area (Å²) in [5.74, 6) is -1.06. The van der Waals surface area contributed by atoms with Crippen LogP contribution in [0.15, 0.2) is 36.9 Å². The zero-order valence-electron chi connectivity index (χ0n) is 16.8. The molecule has 1 aromatic heterocycles. The highest BCUT2D eigenvalue weighted by Crippen LogP contribution is 2.42. The van der Waals surface area contributed by atoms with Crippen molar-refractivity contribution in [3.05, 3.63) is 53.3 Å². The fraction of sp³-hybridized carbons (Fsp3) is 0.304. The number of piperidine rings is 1. The summed E-state index contributed by atoms with van der Waals surface area (Å²) < 4.78 is 15.5. The standard InChI is InChI=1S/C23H22ClFN4O2/c1-2-19(30)29-7-3-4-12-10-28(11-18(12)29)22-16(25)9-15(23(26)31)21-20(22)14-8-13(24)5-6-17(14)27-21/h2,5-6,8-9,12,18,27H,1,3-4,7,10-11H2,(H2,26,31). The maximum Gasteiger partial charge on any atom is 0.250 e. The van der Waals surface area contributed by atoms with Crippen LogP contribution in [0.2, 0.25) is 5.02 Å². The molecule has 31 heavy (non-hydrogen) atoms. The molecule has 2 aliphatic rings. The molecule has 2 amide bonds. The van der Waals surface area contributed by atoms with Crippen LogP contribution in [0.3, 0.4) is 0 Å². The molecule has 3 heterocycles. The Bertz CT molecular complexity index is 1250. The van der Waals surface area contributed by atoms with E-state index in [9.17, 15) is 9.59 Å². The average molecular weight is 441 g/mol. The van der Waals surface area contributed by atoms with Gasteiger partial charge in [-0.2, -0.15) is 0 Å². The van der Waals surface area contributed by atoms with E-state index in [-0.39, 0.29) is 23.4 Å². The van der Waals surface area contributed by atoms with E-state index >= 15 is 4.39 Å². The number of hydrogen-bond acceptors (Lipinski definition) is 3. The van der Waals surface area contributed by atoms with E-state index in [0.717, 1.165) is 23.7 Å². The molecule has 2 saturated heterocycles. The highest BCUT2D eigenvalue weighted by Gasteiger charge is 2.41. The molecule has 0 spiro atoms. The number of nitrogens with one attached hydrogen (secondary N) is 1. The van der Waals surface area contributed by atoms with Crippen molar-refractivity contribution in [3.63, 3.8) is 0 Å². The van der Waals surface area contributed by atoms with Crippen molar-refractivity contribution in [2.75, 3.05) is 24.5 Å². The van der Waals surface area contributed by atoms with Gasteiger partial charge in [0.25, 0.3) is 5.91 Å². The minimum absolute atomic E-state index is 0.00156. The van der Waals surface area contributed by atoms with Gasteiger partial charge < -0.3 is 20.5 Å². The molecule has 5 rings (SSSR count). The summed E-state index contributed by atoms with van der Waals surface area (Å²) in [5, 5.41) is 1.84. The lowest BCUT2D eigenvalue weighted by Crippen LogP contribution is -2.47. The number of hydrogen-bond donors (Lipinski definition) is 2. The largest absolute Gasteiger partial charge is 0.366 e. The van der Waals surface area contributed by atoms with Gasteiger partial charge in [-0.15, -0.1) is 0 Å². The van der Waals surface area contributed by atoms with Gasteiger partial charge in [-0.1, -0.05) is 18.2 Å². The number of nitrogens with two attached hydrogens (primary N) is 1. The second-order valence-corrected chi connectivity index (χ2v) is 8.73. The summed E-state index contributed by atoms with van der Waals surface area (Å²) in [7, 11) is 0. The number of primary amides is 1. The van der Waals surface area contributed by atoms with E-state index in [0.29, 0.717) is 41.2 Å². The summed E-state index contributed by atoms with van der Waals surface area (Å²) in [6, 6.07) is 6.50. The average Bonchev–Trinajstić information content (AvgIpc) is 3.33. The zero-order chi connectivity index (χ0) is 21.9. The van der Waals surface area contributed by atoms with Crippen molar-refractivity contribution in [1.82, 2.24) is 9.88 Å². The maximum atomic E-state index is 15.5. The topological polar surface area (TPSA) is 82.4 Å². The van der Waals surface area contributed by atoms with Gasteiger partial charge in [-0.25, -0.2) is 4.39 Å². The van der Waals surface area contributed by atoms with Crippen molar-refractivity contribution in [2.24, 2.45) is 11.7 Å². The van der Waals surface area contributed by atoms with E-state index in [1.54, 1.807) is 18.2 Å².